The fraction of sp³-hybridized carbons (Fsp3) is 0.304. The topological polar surface area (TPSA) is 61.8 Å². The number of carbonyl (C=O) groups is 2. The van der Waals surface area contributed by atoms with Crippen LogP contribution in [0.1, 0.15) is 48.0 Å². The molecule has 5 heteroatoms. The molecule has 1 aliphatic heterocycles. The molecule has 2 aliphatic rings. The monoisotopic (exact) mass is 378 g/mol. The Morgan fingerprint density at radius 2 is 1.75 bits per heavy atom. The minimum absolute atomic E-state index is 0.0323. The molecule has 2 aromatic rings. The van der Waals surface area contributed by atoms with Gasteiger partial charge < -0.3 is 14.2 Å². The van der Waals surface area contributed by atoms with Gasteiger partial charge in [0.25, 0.3) is 0 Å². The molecule has 2 aromatic carbocycles. The first-order valence-corrected chi connectivity index (χ1v) is 9.58. The Morgan fingerprint density at radius 1 is 1.04 bits per heavy atom. The van der Waals surface area contributed by atoms with Gasteiger partial charge in [-0.05, 0) is 48.7 Å². The molecule has 0 bridgehead atoms. The molecule has 0 radical (unpaired) electrons. The quantitative estimate of drug-likeness (QED) is 0.435. The largest absolute Gasteiger partial charge is 0.497 e. The first kappa shape index (κ1) is 18.3. The maximum atomic E-state index is 12.6. The first-order valence-electron chi connectivity index (χ1n) is 9.58. The number of hydrogen-bond donors (Lipinski definition) is 0. The SMILES string of the molecule is COc1ccc(C=C2Oc3cc(OC(=O)C4CCCCC4)ccc3C2=O)cc1. The number of benzene rings is 2. The summed E-state index contributed by atoms with van der Waals surface area (Å²) in [6.07, 6.45) is 6.78. The van der Waals surface area contributed by atoms with E-state index >= 15 is 0 Å². The Labute approximate surface area is 163 Å². The number of ketones is 1. The summed E-state index contributed by atoms with van der Waals surface area (Å²) >= 11 is 0. The van der Waals surface area contributed by atoms with Crippen molar-refractivity contribution in [1.82, 2.24) is 0 Å². The lowest BCUT2D eigenvalue weighted by Crippen LogP contribution is -2.22. The van der Waals surface area contributed by atoms with E-state index in [1.165, 1.54) is 6.42 Å². The van der Waals surface area contributed by atoms with Gasteiger partial charge in [-0.3, -0.25) is 9.59 Å². The van der Waals surface area contributed by atoms with E-state index in [1.54, 1.807) is 31.4 Å². The van der Waals surface area contributed by atoms with Crippen molar-refractivity contribution in [1.29, 1.82) is 0 Å². The van der Waals surface area contributed by atoms with Crippen LogP contribution in [0.2, 0.25) is 0 Å². The molecule has 0 amide bonds. The summed E-state index contributed by atoms with van der Waals surface area (Å²) in [4.78, 5) is 24.9. The number of ether oxygens (including phenoxy) is 3. The summed E-state index contributed by atoms with van der Waals surface area (Å²) in [7, 11) is 1.60. The summed E-state index contributed by atoms with van der Waals surface area (Å²) in [6, 6.07) is 12.3. The van der Waals surface area contributed by atoms with E-state index in [9.17, 15) is 9.59 Å². The molecule has 0 saturated heterocycles. The van der Waals surface area contributed by atoms with Gasteiger partial charge in [0.05, 0.1) is 18.6 Å². The molecular weight excluding hydrogens is 356 g/mol. The van der Waals surface area contributed by atoms with Gasteiger partial charge in [0.1, 0.15) is 17.2 Å². The molecule has 4 rings (SSSR count). The van der Waals surface area contributed by atoms with Crippen LogP contribution in [0, 0.1) is 5.92 Å². The molecule has 1 heterocycles. The average molecular weight is 378 g/mol. The number of rotatable bonds is 4. The predicted molar refractivity (Wildman–Crippen MR) is 105 cm³/mol. The number of hydrogen-bond acceptors (Lipinski definition) is 5. The van der Waals surface area contributed by atoms with Crippen molar-refractivity contribution >= 4 is 17.8 Å². The Hall–Kier alpha value is -3.08. The van der Waals surface area contributed by atoms with Crippen LogP contribution < -0.4 is 14.2 Å². The number of esters is 1. The number of Topliss-reactive ketones (excluding diaryl/α,β-unsaturated/α-hetero) is 1. The third kappa shape index (κ3) is 3.79. The maximum Gasteiger partial charge on any atom is 0.314 e. The second-order valence-electron chi connectivity index (χ2n) is 7.13. The molecule has 0 unspecified atom stereocenters. The zero-order valence-corrected chi connectivity index (χ0v) is 15.8. The lowest BCUT2D eigenvalue weighted by Gasteiger charge is -2.19. The van der Waals surface area contributed by atoms with Crippen molar-refractivity contribution in [2.24, 2.45) is 5.92 Å². The fourth-order valence-corrected chi connectivity index (χ4v) is 3.62. The van der Waals surface area contributed by atoms with Crippen LogP contribution in [0.15, 0.2) is 48.2 Å². The van der Waals surface area contributed by atoms with Crippen molar-refractivity contribution in [3.8, 4) is 17.2 Å². The molecular formula is C23H22O5. The van der Waals surface area contributed by atoms with E-state index in [2.05, 4.69) is 0 Å². The Kier molecular flexibility index (Phi) is 5.15. The van der Waals surface area contributed by atoms with Crippen molar-refractivity contribution in [2.75, 3.05) is 7.11 Å². The van der Waals surface area contributed by atoms with Gasteiger partial charge in [-0.25, -0.2) is 0 Å². The lowest BCUT2D eigenvalue weighted by molar-refractivity contribution is -0.139. The third-order valence-electron chi connectivity index (χ3n) is 5.21. The van der Waals surface area contributed by atoms with Crippen LogP contribution in [-0.2, 0) is 4.79 Å². The summed E-state index contributed by atoms with van der Waals surface area (Å²) < 4.78 is 16.4. The van der Waals surface area contributed by atoms with Crippen LogP contribution in [0.5, 0.6) is 17.2 Å². The minimum atomic E-state index is -0.196. The summed E-state index contributed by atoms with van der Waals surface area (Å²) in [5.74, 6) is 1.40. The smallest absolute Gasteiger partial charge is 0.314 e. The van der Waals surface area contributed by atoms with E-state index in [4.69, 9.17) is 14.2 Å². The molecule has 0 aromatic heterocycles. The molecule has 0 spiro atoms. The van der Waals surface area contributed by atoms with E-state index in [0.717, 1.165) is 37.0 Å². The Bertz CT molecular complexity index is 921. The number of carbonyl (C=O) groups excluding carboxylic acids is 2. The predicted octanol–water partition coefficient (Wildman–Crippen LogP) is 4.80. The lowest BCUT2D eigenvalue weighted by atomic mass is 9.89. The van der Waals surface area contributed by atoms with Crippen LogP contribution in [0.4, 0.5) is 0 Å². The van der Waals surface area contributed by atoms with Gasteiger partial charge in [0.15, 0.2) is 5.76 Å². The van der Waals surface area contributed by atoms with Crippen molar-refractivity contribution in [3.05, 3.63) is 59.4 Å². The molecule has 144 valence electrons. The van der Waals surface area contributed by atoms with Crippen LogP contribution in [-0.4, -0.2) is 18.9 Å². The highest BCUT2D eigenvalue weighted by Crippen LogP contribution is 2.35. The van der Waals surface area contributed by atoms with Crippen molar-refractivity contribution < 1.29 is 23.8 Å². The zero-order valence-electron chi connectivity index (χ0n) is 15.8. The summed E-state index contributed by atoms with van der Waals surface area (Å²) in [5, 5.41) is 0. The van der Waals surface area contributed by atoms with Gasteiger partial charge in [0, 0.05) is 6.07 Å². The van der Waals surface area contributed by atoms with E-state index < -0.39 is 0 Å². The van der Waals surface area contributed by atoms with E-state index in [-0.39, 0.29) is 23.4 Å². The summed E-state index contributed by atoms with van der Waals surface area (Å²) in [5.41, 5.74) is 1.30. The Morgan fingerprint density at radius 3 is 2.46 bits per heavy atom. The standard InChI is InChI=1S/C23H22O5/c1-26-17-9-7-15(8-10-17)13-21-22(24)19-12-11-18(14-20(19)28-21)27-23(25)16-5-3-2-4-6-16/h7-14,16H,2-6H2,1H3. The van der Waals surface area contributed by atoms with Gasteiger partial charge in [-0.1, -0.05) is 31.4 Å². The van der Waals surface area contributed by atoms with Crippen LogP contribution in [0.25, 0.3) is 6.08 Å². The number of fused-ring (bicyclic) bond motifs is 1. The highest BCUT2D eigenvalue weighted by molar-refractivity contribution is 6.14. The van der Waals surface area contributed by atoms with E-state index in [1.807, 2.05) is 24.3 Å². The fourth-order valence-electron chi connectivity index (χ4n) is 3.62. The van der Waals surface area contributed by atoms with Gasteiger partial charge in [-0.2, -0.15) is 0 Å². The second-order valence-corrected chi connectivity index (χ2v) is 7.13. The average Bonchev–Trinajstić information content (AvgIpc) is 3.04. The minimum Gasteiger partial charge on any atom is -0.497 e. The van der Waals surface area contributed by atoms with Gasteiger partial charge in [0.2, 0.25) is 5.78 Å². The van der Waals surface area contributed by atoms with Crippen LogP contribution in [0.3, 0.4) is 0 Å². The molecule has 5 nitrogen and oxygen atoms in total. The second kappa shape index (κ2) is 7.89. The normalized spacial score (nSPS) is 17.9. The molecule has 1 saturated carbocycles. The number of allylic oxidation sites excluding steroid dienone is 1. The van der Waals surface area contributed by atoms with E-state index in [0.29, 0.717) is 17.1 Å². The maximum absolute atomic E-state index is 12.6. The highest BCUT2D eigenvalue weighted by Gasteiger charge is 2.29. The zero-order chi connectivity index (χ0) is 19.5. The number of methoxy groups -OCH3 is 1. The molecule has 0 atom stereocenters. The molecule has 1 fully saturated rings. The van der Waals surface area contributed by atoms with Crippen molar-refractivity contribution in [3.63, 3.8) is 0 Å². The molecule has 28 heavy (non-hydrogen) atoms. The molecule has 0 N–H and O–H groups in total. The Balaban J connectivity index is 1.49. The van der Waals surface area contributed by atoms with Gasteiger partial charge in [-0.15, -0.1) is 0 Å². The van der Waals surface area contributed by atoms with Gasteiger partial charge >= 0.3 is 5.97 Å². The third-order valence-corrected chi connectivity index (χ3v) is 5.21. The summed E-state index contributed by atoms with van der Waals surface area (Å²) in [6.45, 7) is 0. The molecule has 1 aliphatic carbocycles. The highest BCUT2D eigenvalue weighted by atomic mass is 16.5. The van der Waals surface area contributed by atoms with Crippen molar-refractivity contribution in [2.45, 2.75) is 32.1 Å². The van der Waals surface area contributed by atoms with Crippen LogP contribution >= 0.6 is 0 Å². The first-order chi connectivity index (χ1) is 13.6.